The van der Waals surface area contributed by atoms with Gasteiger partial charge in [0.2, 0.25) is 0 Å². The molecule has 0 radical (unpaired) electrons. The van der Waals surface area contributed by atoms with E-state index in [0.29, 0.717) is 11.1 Å². The van der Waals surface area contributed by atoms with Crippen LogP contribution in [0.3, 0.4) is 0 Å². The first-order valence-corrected chi connectivity index (χ1v) is 5.35. The summed E-state index contributed by atoms with van der Waals surface area (Å²) < 4.78 is 0. The van der Waals surface area contributed by atoms with Gasteiger partial charge in [0.15, 0.2) is 5.78 Å². The molecule has 1 heterocycles. The second kappa shape index (κ2) is 4.47. The van der Waals surface area contributed by atoms with Crippen LogP contribution in [0, 0.1) is 0 Å². The zero-order valence-corrected chi connectivity index (χ0v) is 9.50. The molecule has 0 aliphatic carbocycles. The third kappa shape index (κ3) is 2.24. The highest BCUT2D eigenvalue weighted by Crippen LogP contribution is 2.24. The molecule has 1 atom stereocenters. The van der Waals surface area contributed by atoms with Gasteiger partial charge in [-0.1, -0.05) is 30.3 Å². The maximum Gasteiger partial charge on any atom is 0.198 e. The van der Waals surface area contributed by atoms with Gasteiger partial charge in [0, 0.05) is 18.0 Å². The number of aliphatic hydroxyl groups is 1. The lowest BCUT2D eigenvalue weighted by Crippen LogP contribution is -2.32. The van der Waals surface area contributed by atoms with Crippen molar-refractivity contribution >= 4 is 5.78 Å². The molecule has 0 aliphatic rings. The van der Waals surface area contributed by atoms with Gasteiger partial charge < -0.3 is 5.11 Å². The highest BCUT2D eigenvalue weighted by atomic mass is 16.3. The second-order valence-corrected chi connectivity index (χ2v) is 4.00. The van der Waals surface area contributed by atoms with Gasteiger partial charge in [0.25, 0.3) is 0 Å². The molecule has 0 saturated heterocycles. The van der Waals surface area contributed by atoms with Crippen molar-refractivity contribution in [3.05, 3.63) is 66.0 Å². The number of benzene rings is 1. The normalized spacial score (nSPS) is 14.0. The lowest BCUT2D eigenvalue weighted by atomic mass is 9.88. The van der Waals surface area contributed by atoms with Crippen LogP contribution in [-0.4, -0.2) is 15.9 Å². The van der Waals surface area contributed by atoms with Crippen LogP contribution in [0.25, 0.3) is 0 Å². The Labute approximate surface area is 99.8 Å². The molecule has 0 saturated carbocycles. The molecule has 2 rings (SSSR count). The van der Waals surface area contributed by atoms with E-state index in [0.717, 1.165) is 0 Å². The molecule has 0 bridgehead atoms. The first kappa shape index (κ1) is 11.5. The Morgan fingerprint density at radius 3 is 2.29 bits per heavy atom. The molecule has 17 heavy (non-hydrogen) atoms. The van der Waals surface area contributed by atoms with Crippen molar-refractivity contribution in [1.29, 1.82) is 0 Å². The van der Waals surface area contributed by atoms with E-state index in [-0.39, 0.29) is 5.78 Å². The summed E-state index contributed by atoms with van der Waals surface area (Å²) in [7, 11) is 0. The fourth-order valence-corrected chi connectivity index (χ4v) is 1.68. The topological polar surface area (TPSA) is 50.2 Å². The molecule has 3 heteroatoms. The fraction of sp³-hybridized carbons (Fsp3) is 0.143. The quantitative estimate of drug-likeness (QED) is 0.817. The van der Waals surface area contributed by atoms with Crippen molar-refractivity contribution < 1.29 is 9.90 Å². The van der Waals surface area contributed by atoms with Crippen molar-refractivity contribution in [2.75, 3.05) is 0 Å². The molecule has 1 unspecified atom stereocenters. The zero-order valence-electron chi connectivity index (χ0n) is 9.50. The highest BCUT2D eigenvalue weighted by molar-refractivity contribution is 6.02. The van der Waals surface area contributed by atoms with Gasteiger partial charge in [-0.25, -0.2) is 0 Å². The Kier molecular flexibility index (Phi) is 3.02. The van der Waals surface area contributed by atoms with Gasteiger partial charge in [0.05, 0.1) is 0 Å². The average molecular weight is 227 g/mol. The fourth-order valence-electron chi connectivity index (χ4n) is 1.68. The molecule has 0 aliphatic heterocycles. The maximum atomic E-state index is 12.2. The van der Waals surface area contributed by atoms with Crippen LogP contribution in [0.15, 0.2) is 54.9 Å². The van der Waals surface area contributed by atoms with Crippen molar-refractivity contribution in [2.24, 2.45) is 0 Å². The monoisotopic (exact) mass is 227 g/mol. The third-order valence-corrected chi connectivity index (χ3v) is 2.72. The van der Waals surface area contributed by atoms with Crippen molar-refractivity contribution in [3.63, 3.8) is 0 Å². The van der Waals surface area contributed by atoms with E-state index < -0.39 is 5.60 Å². The predicted octanol–water partition coefficient (Wildman–Crippen LogP) is 2.17. The van der Waals surface area contributed by atoms with Gasteiger partial charge >= 0.3 is 0 Å². The Balaban J connectivity index is 2.37. The SMILES string of the molecule is CC(O)(C(=O)c1ccccc1)c1ccncc1. The largest absolute Gasteiger partial charge is 0.377 e. The summed E-state index contributed by atoms with van der Waals surface area (Å²) in [6.45, 7) is 1.50. The van der Waals surface area contributed by atoms with Gasteiger partial charge in [0.1, 0.15) is 5.60 Å². The first-order valence-electron chi connectivity index (χ1n) is 5.35. The van der Waals surface area contributed by atoms with Crippen LogP contribution in [0.4, 0.5) is 0 Å². The summed E-state index contributed by atoms with van der Waals surface area (Å²) in [5.74, 6) is -0.315. The standard InChI is InChI=1S/C14H13NO2/c1-14(17,12-7-9-15-10-8-12)13(16)11-5-3-2-4-6-11/h2-10,17H,1H3. The molecule has 1 aromatic heterocycles. The minimum Gasteiger partial charge on any atom is -0.377 e. The highest BCUT2D eigenvalue weighted by Gasteiger charge is 2.32. The molecule has 0 spiro atoms. The van der Waals surface area contributed by atoms with Crippen molar-refractivity contribution in [1.82, 2.24) is 4.98 Å². The summed E-state index contributed by atoms with van der Waals surface area (Å²) in [5, 5.41) is 10.3. The molecular formula is C14H13NO2. The minimum absolute atomic E-state index is 0.315. The molecule has 0 fully saturated rings. The molecular weight excluding hydrogens is 214 g/mol. The van der Waals surface area contributed by atoms with E-state index in [1.807, 2.05) is 6.07 Å². The van der Waals surface area contributed by atoms with E-state index in [2.05, 4.69) is 4.98 Å². The number of rotatable bonds is 3. The van der Waals surface area contributed by atoms with E-state index in [4.69, 9.17) is 0 Å². The van der Waals surface area contributed by atoms with Gasteiger partial charge in [-0.15, -0.1) is 0 Å². The van der Waals surface area contributed by atoms with E-state index in [1.165, 1.54) is 6.92 Å². The Bertz CT molecular complexity index is 506. The molecule has 3 nitrogen and oxygen atoms in total. The number of nitrogens with zero attached hydrogens (tertiary/aromatic N) is 1. The number of hydrogen-bond acceptors (Lipinski definition) is 3. The van der Waals surface area contributed by atoms with E-state index in [9.17, 15) is 9.90 Å². The Hall–Kier alpha value is -2.00. The van der Waals surface area contributed by atoms with Crippen LogP contribution in [0.5, 0.6) is 0 Å². The van der Waals surface area contributed by atoms with Gasteiger partial charge in [-0.2, -0.15) is 0 Å². The molecule has 2 aromatic rings. The first-order chi connectivity index (χ1) is 8.12. The summed E-state index contributed by atoms with van der Waals surface area (Å²) in [6.07, 6.45) is 3.12. The maximum absolute atomic E-state index is 12.2. The summed E-state index contributed by atoms with van der Waals surface area (Å²) >= 11 is 0. The Morgan fingerprint density at radius 2 is 1.71 bits per heavy atom. The Morgan fingerprint density at radius 1 is 1.12 bits per heavy atom. The number of hydrogen-bond donors (Lipinski definition) is 1. The minimum atomic E-state index is -1.52. The number of pyridine rings is 1. The van der Waals surface area contributed by atoms with E-state index >= 15 is 0 Å². The smallest absolute Gasteiger partial charge is 0.198 e. The van der Waals surface area contributed by atoms with Crippen LogP contribution in [0.2, 0.25) is 0 Å². The number of Topliss-reactive ketones (excluding diaryl/α,β-unsaturated/α-hetero) is 1. The van der Waals surface area contributed by atoms with Crippen LogP contribution in [-0.2, 0) is 5.60 Å². The lowest BCUT2D eigenvalue weighted by molar-refractivity contribution is 0.0392. The number of carbonyl (C=O) groups excluding carboxylic acids is 1. The van der Waals surface area contributed by atoms with E-state index in [1.54, 1.807) is 48.8 Å². The number of ketones is 1. The van der Waals surface area contributed by atoms with Crippen LogP contribution >= 0.6 is 0 Å². The average Bonchev–Trinajstić information content (AvgIpc) is 2.40. The van der Waals surface area contributed by atoms with Gasteiger partial charge in [-0.05, 0) is 24.6 Å². The summed E-state index contributed by atoms with van der Waals surface area (Å²) in [6, 6.07) is 12.0. The number of carbonyl (C=O) groups is 1. The number of aromatic nitrogens is 1. The van der Waals surface area contributed by atoms with Gasteiger partial charge in [-0.3, -0.25) is 9.78 Å². The van der Waals surface area contributed by atoms with Crippen LogP contribution in [0.1, 0.15) is 22.8 Å². The summed E-state index contributed by atoms with van der Waals surface area (Å²) in [5.41, 5.74) is -0.486. The van der Waals surface area contributed by atoms with Crippen LogP contribution < -0.4 is 0 Å². The summed E-state index contributed by atoms with van der Waals surface area (Å²) in [4.78, 5) is 16.1. The predicted molar refractivity (Wildman–Crippen MR) is 64.6 cm³/mol. The molecule has 86 valence electrons. The van der Waals surface area contributed by atoms with Crippen molar-refractivity contribution in [2.45, 2.75) is 12.5 Å². The molecule has 0 amide bonds. The molecule has 1 aromatic carbocycles. The third-order valence-electron chi connectivity index (χ3n) is 2.72. The zero-order chi connectivity index (χ0) is 12.3. The second-order valence-electron chi connectivity index (χ2n) is 4.00. The molecule has 1 N–H and O–H groups in total. The lowest BCUT2D eigenvalue weighted by Gasteiger charge is -2.22. The van der Waals surface area contributed by atoms with Crippen molar-refractivity contribution in [3.8, 4) is 0 Å².